The molecule has 2 aromatic heterocycles. The van der Waals surface area contributed by atoms with Gasteiger partial charge in [0.2, 0.25) is 11.7 Å². The molecule has 1 aliphatic rings. The highest BCUT2D eigenvalue weighted by atomic mass is 35.5. The molecule has 3 heterocycles. The summed E-state index contributed by atoms with van der Waals surface area (Å²) in [4.78, 5) is 12.3. The number of carbonyl (C=O) groups excluding carboxylic acids is 1. The number of aromatic nitrogens is 6. The zero-order valence-corrected chi connectivity index (χ0v) is 15.2. The maximum atomic E-state index is 12.3. The lowest BCUT2D eigenvalue weighted by molar-refractivity contribution is -0.116. The van der Waals surface area contributed by atoms with Gasteiger partial charge in [-0.25, -0.2) is 0 Å². The Labute approximate surface area is 160 Å². The smallest absolute Gasteiger partial charge is 0.224 e. The van der Waals surface area contributed by atoms with Gasteiger partial charge in [0.15, 0.2) is 0 Å². The van der Waals surface area contributed by atoms with Crippen LogP contribution in [0, 0.1) is 0 Å². The van der Waals surface area contributed by atoms with Gasteiger partial charge in [-0.3, -0.25) is 9.48 Å². The number of aryl methyl sites for hydroxylation is 1. The lowest BCUT2D eigenvalue weighted by Crippen LogP contribution is -2.28. The van der Waals surface area contributed by atoms with E-state index in [1.807, 2.05) is 10.7 Å². The molecule has 4 rings (SSSR count). The van der Waals surface area contributed by atoms with Gasteiger partial charge in [0.1, 0.15) is 5.75 Å². The number of tetrazole rings is 1. The molecule has 10 nitrogen and oxygen atoms in total. The molecule has 1 amide bonds. The second-order valence-electron chi connectivity index (χ2n) is 6.04. The van der Waals surface area contributed by atoms with Crippen LogP contribution in [0.15, 0.2) is 24.3 Å². The van der Waals surface area contributed by atoms with Gasteiger partial charge in [0, 0.05) is 31.5 Å². The molecule has 0 unspecified atom stereocenters. The zero-order valence-electron chi connectivity index (χ0n) is 14.3. The maximum Gasteiger partial charge on any atom is 0.224 e. The second kappa shape index (κ2) is 8.14. The van der Waals surface area contributed by atoms with E-state index in [9.17, 15) is 9.90 Å². The number of halogens is 1. The Morgan fingerprint density at radius 2 is 2.22 bits per heavy atom. The van der Waals surface area contributed by atoms with Crippen LogP contribution in [0.2, 0.25) is 0 Å². The predicted octanol–water partition coefficient (Wildman–Crippen LogP) is 0.865. The van der Waals surface area contributed by atoms with E-state index < -0.39 is 0 Å². The number of hydrogen-bond acceptors (Lipinski definition) is 7. The van der Waals surface area contributed by atoms with Gasteiger partial charge in [-0.15, -0.1) is 22.6 Å². The minimum Gasteiger partial charge on any atom is -0.506 e. The highest BCUT2D eigenvalue weighted by Gasteiger charge is 2.14. The first-order valence-corrected chi connectivity index (χ1v) is 8.32. The van der Waals surface area contributed by atoms with Gasteiger partial charge < -0.3 is 15.7 Å². The fourth-order valence-corrected chi connectivity index (χ4v) is 2.89. The Balaban J connectivity index is 0.00000210. The Morgan fingerprint density at radius 1 is 1.33 bits per heavy atom. The van der Waals surface area contributed by atoms with Crippen molar-refractivity contribution in [2.45, 2.75) is 25.9 Å². The van der Waals surface area contributed by atoms with Crippen LogP contribution in [-0.4, -0.2) is 48.0 Å². The monoisotopic (exact) mass is 390 g/mol. The highest BCUT2D eigenvalue weighted by molar-refractivity contribution is 5.93. The lowest BCUT2D eigenvalue weighted by atomic mass is 10.1. The van der Waals surface area contributed by atoms with Crippen molar-refractivity contribution in [2.24, 2.45) is 0 Å². The average molecular weight is 391 g/mol. The topological polar surface area (TPSA) is 134 Å². The Hall–Kier alpha value is -2.98. The van der Waals surface area contributed by atoms with Crippen LogP contribution in [0.4, 0.5) is 5.69 Å². The van der Waals surface area contributed by atoms with Gasteiger partial charge in [-0.1, -0.05) is 0 Å². The van der Waals surface area contributed by atoms with Crippen molar-refractivity contribution in [2.75, 3.05) is 11.9 Å². The summed E-state index contributed by atoms with van der Waals surface area (Å²) in [7, 11) is 0. The molecule has 0 radical (unpaired) electrons. The fourth-order valence-electron chi connectivity index (χ4n) is 2.89. The quantitative estimate of drug-likeness (QED) is 0.475. The number of phenols is 1. The molecule has 0 bridgehead atoms. The Kier molecular flexibility index (Phi) is 5.67. The van der Waals surface area contributed by atoms with Gasteiger partial charge in [-0.05, 0) is 29.5 Å². The third-order valence-electron chi connectivity index (χ3n) is 4.20. The average Bonchev–Trinajstić information content (AvgIpc) is 3.31. The number of benzene rings is 1. The number of aromatic amines is 1. The van der Waals surface area contributed by atoms with Gasteiger partial charge in [-0.2, -0.15) is 10.3 Å². The van der Waals surface area contributed by atoms with Crippen LogP contribution in [0.25, 0.3) is 11.4 Å². The van der Waals surface area contributed by atoms with E-state index >= 15 is 0 Å². The molecule has 1 aromatic carbocycles. The summed E-state index contributed by atoms with van der Waals surface area (Å²) in [5.74, 6) is 0.168. The number of carbonyl (C=O) groups is 1. The number of nitrogens with zero attached hydrogens (tertiary/aromatic N) is 5. The number of amides is 1. The summed E-state index contributed by atoms with van der Waals surface area (Å²) in [6.07, 6.45) is 0.812. The van der Waals surface area contributed by atoms with Gasteiger partial charge >= 0.3 is 0 Å². The van der Waals surface area contributed by atoms with Crippen LogP contribution in [0.3, 0.4) is 0 Å². The molecule has 0 fully saturated rings. The summed E-state index contributed by atoms with van der Waals surface area (Å²) in [5.41, 5.74) is 2.98. The second-order valence-corrected chi connectivity index (χ2v) is 6.04. The van der Waals surface area contributed by atoms with Gasteiger partial charge in [0.05, 0.1) is 23.6 Å². The largest absolute Gasteiger partial charge is 0.506 e. The van der Waals surface area contributed by atoms with E-state index in [4.69, 9.17) is 0 Å². The van der Waals surface area contributed by atoms with Crippen LogP contribution < -0.4 is 10.6 Å². The summed E-state index contributed by atoms with van der Waals surface area (Å²) in [5, 5.41) is 34.1. The molecule has 1 aliphatic heterocycles. The first-order valence-electron chi connectivity index (χ1n) is 8.32. The van der Waals surface area contributed by atoms with Crippen molar-refractivity contribution in [3.05, 3.63) is 35.7 Å². The molecule has 27 heavy (non-hydrogen) atoms. The number of aromatic hydroxyl groups is 1. The number of fused-ring (bicyclic) bond motifs is 1. The maximum absolute atomic E-state index is 12.3. The number of nitrogens with one attached hydrogen (secondary N) is 3. The van der Waals surface area contributed by atoms with Crippen molar-refractivity contribution < 1.29 is 9.90 Å². The van der Waals surface area contributed by atoms with Crippen molar-refractivity contribution in [3.63, 3.8) is 0 Å². The Morgan fingerprint density at radius 3 is 3.00 bits per heavy atom. The number of phenolic OH excluding ortho intramolecular Hbond substituents is 1. The lowest BCUT2D eigenvalue weighted by Gasteiger charge is -2.13. The zero-order chi connectivity index (χ0) is 17.9. The minimum absolute atomic E-state index is 0. The van der Waals surface area contributed by atoms with Crippen LogP contribution in [-0.2, 0) is 24.3 Å². The van der Waals surface area contributed by atoms with Gasteiger partial charge in [0.25, 0.3) is 0 Å². The fraction of sp³-hybridized carbons (Fsp3) is 0.312. The summed E-state index contributed by atoms with van der Waals surface area (Å²) in [6.45, 7) is 2.55. The molecule has 11 heteroatoms. The van der Waals surface area contributed by atoms with E-state index in [-0.39, 0.29) is 30.5 Å². The van der Waals surface area contributed by atoms with E-state index in [0.29, 0.717) is 23.5 Å². The Bertz CT molecular complexity index is 901. The molecule has 0 spiro atoms. The minimum atomic E-state index is -0.199. The third-order valence-corrected chi connectivity index (χ3v) is 4.20. The van der Waals surface area contributed by atoms with E-state index in [1.165, 1.54) is 6.07 Å². The summed E-state index contributed by atoms with van der Waals surface area (Å²) < 4.78 is 1.98. The molecule has 0 saturated carbocycles. The number of rotatable bonds is 5. The van der Waals surface area contributed by atoms with E-state index in [1.54, 1.807) is 12.1 Å². The molecule has 0 atom stereocenters. The van der Waals surface area contributed by atoms with E-state index in [0.717, 1.165) is 31.0 Å². The molecular formula is C16H19ClN8O2. The number of hydrogen-bond donors (Lipinski definition) is 4. The van der Waals surface area contributed by atoms with Crippen LogP contribution in [0.1, 0.15) is 17.8 Å². The summed E-state index contributed by atoms with van der Waals surface area (Å²) in [6, 6.07) is 6.77. The molecule has 4 N–H and O–H groups in total. The highest BCUT2D eigenvalue weighted by Crippen LogP contribution is 2.28. The molecule has 142 valence electrons. The molecule has 0 aliphatic carbocycles. The molecule has 3 aromatic rings. The van der Waals surface area contributed by atoms with Crippen molar-refractivity contribution in [1.82, 2.24) is 35.7 Å². The predicted molar refractivity (Wildman–Crippen MR) is 99.4 cm³/mol. The normalized spacial score (nSPS) is 12.9. The first-order chi connectivity index (χ1) is 12.7. The van der Waals surface area contributed by atoms with Crippen LogP contribution >= 0.6 is 12.4 Å². The third kappa shape index (κ3) is 4.23. The number of anilines is 1. The first kappa shape index (κ1) is 18.8. The standard InChI is InChI=1S/C16H18N8O2.ClH/c25-14-3-1-10(16-19-22-23-20-16)7-13(14)18-15(26)4-2-11-8-12-9-17-5-6-24(12)21-11;/h1,3,7-8,17,25H,2,4-6,9H2,(H,18,26)(H,19,20,22,23);1H. The molecular weight excluding hydrogens is 372 g/mol. The van der Waals surface area contributed by atoms with Crippen molar-refractivity contribution >= 4 is 24.0 Å². The SMILES string of the molecule is Cl.O=C(CCc1cc2n(n1)CCNC2)Nc1cc(-c2nn[nH]n2)ccc1O. The van der Waals surface area contributed by atoms with Crippen molar-refractivity contribution in [3.8, 4) is 17.1 Å². The van der Waals surface area contributed by atoms with E-state index in [2.05, 4.69) is 36.4 Å². The molecule has 0 saturated heterocycles. The van der Waals surface area contributed by atoms with Crippen molar-refractivity contribution in [1.29, 1.82) is 0 Å². The van der Waals surface area contributed by atoms with Crippen LogP contribution in [0.5, 0.6) is 5.75 Å². The summed E-state index contributed by atoms with van der Waals surface area (Å²) >= 11 is 0. The number of H-pyrrole nitrogens is 1.